The number of hydrogen-bond acceptors (Lipinski definition) is 8. The molecule has 2 heterocycles. The molecule has 0 radical (unpaired) electrons. The Labute approximate surface area is 204 Å². The van der Waals surface area contributed by atoms with Crippen LogP contribution in [0.25, 0.3) is 0 Å². The van der Waals surface area contributed by atoms with Gasteiger partial charge in [0.2, 0.25) is 5.91 Å². The minimum absolute atomic E-state index is 0.0421. The van der Waals surface area contributed by atoms with Gasteiger partial charge in [0.15, 0.2) is 5.17 Å². The van der Waals surface area contributed by atoms with Gasteiger partial charge >= 0.3 is 5.97 Å². The highest BCUT2D eigenvalue weighted by atomic mass is 32.2. The van der Waals surface area contributed by atoms with E-state index in [9.17, 15) is 9.59 Å². The molecule has 1 amide bonds. The van der Waals surface area contributed by atoms with Crippen molar-refractivity contribution in [3.8, 4) is 11.5 Å². The lowest BCUT2D eigenvalue weighted by atomic mass is 9.93. The van der Waals surface area contributed by atoms with E-state index in [0.717, 1.165) is 16.4 Å². The van der Waals surface area contributed by atoms with Crippen molar-refractivity contribution in [2.45, 2.75) is 52.2 Å². The molecule has 3 aliphatic rings. The number of carbonyl (C=O) groups excluding carboxylic acids is 2. The Kier molecular flexibility index (Phi) is 7.21. The number of allylic oxidation sites excluding steroid dienone is 1. The van der Waals surface area contributed by atoms with E-state index >= 15 is 0 Å². The van der Waals surface area contributed by atoms with E-state index in [0.29, 0.717) is 35.2 Å². The number of hydrogen-bond donors (Lipinski definition) is 1. The van der Waals surface area contributed by atoms with E-state index in [2.05, 4.69) is 5.32 Å². The van der Waals surface area contributed by atoms with Crippen LogP contribution in [0.15, 0.2) is 45.6 Å². The van der Waals surface area contributed by atoms with Gasteiger partial charge in [-0.2, -0.15) is 0 Å². The van der Waals surface area contributed by atoms with Gasteiger partial charge in [-0.3, -0.25) is 4.79 Å². The molecule has 0 saturated heterocycles. The highest BCUT2D eigenvalue weighted by molar-refractivity contribution is 8.16. The summed E-state index contributed by atoms with van der Waals surface area (Å²) in [6.07, 6.45) is 2.26. The summed E-state index contributed by atoms with van der Waals surface area (Å²) in [6.45, 7) is 6.15. The van der Waals surface area contributed by atoms with Gasteiger partial charge in [-0.25, -0.2) is 9.79 Å². The molecule has 1 atom stereocenters. The summed E-state index contributed by atoms with van der Waals surface area (Å²) in [5.74, 6) is 1.33. The van der Waals surface area contributed by atoms with Crippen LogP contribution in [0.5, 0.6) is 11.5 Å². The summed E-state index contributed by atoms with van der Waals surface area (Å²) >= 11 is 1.45. The molecule has 1 fully saturated rings. The number of aliphatic imine (C=N–C) groups is 1. The minimum atomic E-state index is -0.541. The summed E-state index contributed by atoms with van der Waals surface area (Å²) < 4.78 is 16.6. The number of fused-ring (bicyclic) bond motifs is 1. The number of benzene rings is 1. The van der Waals surface area contributed by atoms with E-state index in [1.807, 2.05) is 43.2 Å². The summed E-state index contributed by atoms with van der Waals surface area (Å²) in [6, 6.07) is 4.99. The number of rotatable bonds is 9. The molecule has 1 aromatic rings. The third kappa shape index (κ3) is 5.24. The zero-order valence-electron chi connectivity index (χ0n) is 20.2. The summed E-state index contributed by atoms with van der Waals surface area (Å²) in [7, 11) is 3.17. The van der Waals surface area contributed by atoms with Crippen molar-refractivity contribution in [3.05, 3.63) is 46.1 Å². The number of amides is 1. The molecule has 1 aliphatic carbocycles. The second-order valence-corrected chi connectivity index (χ2v) is 9.75. The topological polar surface area (TPSA) is 89.5 Å². The van der Waals surface area contributed by atoms with Crippen molar-refractivity contribution in [1.29, 1.82) is 0 Å². The van der Waals surface area contributed by atoms with E-state index in [1.54, 1.807) is 20.3 Å². The number of thioether (sulfide) groups is 1. The Morgan fingerprint density at radius 1 is 1.18 bits per heavy atom. The van der Waals surface area contributed by atoms with E-state index < -0.39 is 12.0 Å². The lowest BCUT2D eigenvalue weighted by molar-refractivity contribution is -0.143. The van der Waals surface area contributed by atoms with Crippen LogP contribution in [0.4, 0.5) is 0 Å². The number of nitrogens with one attached hydrogen (secondary N) is 1. The van der Waals surface area contributed by atoms with Crippen molar-refractivity contribution in [2.75, 3.05) is 20.8 Å². The molecule has 2 aliphatic heterocycles. The number of amidine groups is 1. The fourth-order valence-corrected chi connectivity index (χ4v) is 4.98. The number of ether oxygens (including phenoxy) is 3. The Bertz CT molecular complexity index is 1050. The van der Waals surface area contributed by atoms with Crippen molar-refractivity contribution in [1.82, 2.24) is 10.2 Å². The Balaban J connectivity index is 1.73. The molecule has 9 heteroatoms. The summed E-state index contributed by atoms with van der Waals surface area (Å²) in [5.41, 5.74) is 2.58. The average molecular weight is 486 g/mol. The third-order valence-corrected chi connectivity index (χ3v) is 6.77. The molecule has 182 valence electrons. The molecular weight excluding hydrogens is 454 g/mol. The van der Waals surface area contributed by atoms with Crippen LogP contribution in [-0.4, -0.2) is 48.8 Å². The van der Waals surface area contributed by atoms with Crippen LogP contribution >= 0.6 is 11.8 Å². The molecule has 4 rings (SSSR count). The summed E-state index contributed by atoms with van der Waals surface area (Å²) in [5, 5.41) is 5.68. The Morgan fingerprint density at radius 2 is 1.85 bits per heavy atom. The molecule has 0 aromatic heterocycles. The predicted octanol–water partition coefficient (Wildman–Crippen LogP) is 4.15. The highest BCUT2D eigenvalue weighted by Crippen LogP contribution is 2.46. The van der Waals surface area contributed by atoms with Crippen LogP contribution in [0.2, 0.25) is 0 Å². The van der Waals surface area contributed by atoms with E-state index in [4.69, 9.17) is 19.2 Å². The average Bonchev–Trinajstić information content (AvgIpc) is 3.56. The maximum absolute atomic E-state index is 13.3. The second-order valence-electron chi connectivity index (χ2n) is 8.92. The molecule has 1 unspecified atom stereocenters. The standard InChI is InChI=1S/C25H31N3O5S/c1-14(2)33-24(30)22-15(3)27-25-28(18(13-34-25)10-21(29)26-12-16-6-7-16)23(22)17-8-19(31-4)11-20(9-17)32-5/h8-9,11,13-14,16,23H,6-7,10,12H2,1-5H3,(H,26,29). The van der Waals surface area contributed by atoms with Crippen molar-refractivity contribution >= 4 is 28.8 Å². The van der Waals surface area contributed by atoms with Gasteiger partial charge in [0.05, 0.1) is 44.1 Å². The van der Waals surface area contributed by atoms with Crippen LogP contribution in [-0.2, 0) is 14.3 Å². The Hall–Kier alpha value is -2.94. The Morgan fingerprint density at radius 3 is 2.44 bits per heavy atom. The molecule has 1 saturated carbocycles. The normalized spacial score (nSPS) is 19.5. The van der Waals surface area contributed by atoms with Gasteiger partial charge < -0.3 is 24.4 Å². The highest BCUT2D eigenvalue weighted by Gasteiger charge is 2.41. The van der Waals surface area contributed by atoms with Gasteiger partial charge in [-0.05, 0) is 62.6 Å². The van der Waals surface area contributed by atoms with Crippen molar-refractivity contribution in [2.24, 2.45) is 10.9 Å². The smallest absolute Gasteiger partial charge is 0.338 e. The zero-order valence-corrected chi connectivity index (χ0v) is 21.0. The van der Waals surface area contributed by atoms with Crippen LogP contribution in [0.1, 0.15) is 51.6 Å². The van der Waals surface area contributed by atoms with Crippen molar-refractivity contribution < 1.29 is 23.8 Å². The van der Waals surface area contributed by atoms with Gasteiger partial charge in [-0.1, -0.05) is 11.8 Å². The third-order valence-electron chi connectivity index (χ3n) is 5.88. The van der Waals surface area contributed by atoms with Crippen LogP contribution < -0.4 is 14.8 Å². The fourth-order valence-electron chi connectivity index (χ4n) is 4.02. The molecular formula is C25H31N3O5S. The number of esters is 1. The first-order chi connectivity index (χ1) is 16.3. The first-order valence-corrected chi connectivity index (χ1v) is 12.3. The molecule has 1 aromatic carbocycles. The number of carbonyl (C=O) groups is 2. The number of nitrogens with zero attached hydrogens (tertiary/aromatic N) is 2. The van der Waals surface area contributed by atoms with Crippen LogP contribution in [0, 0.1) is 5.92 Å². The SMILES string of the molecule is COc1cc(OC)cc(C2C(C(=O)OC(C)C)=C(C)N=C3SC=C(CC(=O)NCC4CC4)N32)c1. The van der Waals surface area contributed by atoms with Gasteiger partial charge in [0, 0.05) is 18.3 Å². The second kappa shape index (κ2) is 10.1. The quantitative estimate of drug-likeness (QED) is 0.526. The maximum Gasteiger partial charge on any atom is 0.338 e. The molecule has 8 nitrogen and oxygen atoms in total. The monoisotopic (exact) mass is 485 g/mol. The van der Waals surface area contributed by atoms with Gasteiger partial charge in [0.25, 0.3) is 0 Å². The largest absolute Gasteiger partial charge is 0.497 e. The van der Waals surface area contributed by atoms with Crippen LogP contribution in [0.3, 0.4) is 0 Å². The lowest BCUT2D eigenvalue weighted by Gasteiger charge is -2.36. The van der Waals surface area contributed by atoms with E-state index in [1.165, 1.54) is 24.6 Å². The maximum atomic E-state index is 13.3. The zero-order chi connectivity index (χ0) is 24.4. The first-order valence-electron chi connectivity index (χ1n) is 11.5. The molecule has 34 heavy (non-hydrogen) atoms. The fraction of sp³-hybridized carbons (Fsp3) is 0.480. The van der Waals surface area contributed by atoms with Gasteiger partial charge in [-0.15, -0.1) is 0 Å². The van der Waals surface area contributed by atoms with E-state index in [-0.39, 0.29) is 18.4 Å². The van der Waals surface area contributed by atoms with Gasteiger partial charge in [0.1, 0.15) is 11.5 Å². The predicted molar refractivity (Wildman–Crippen MR) is 132 cm³/mol. The minimum Gasteiger partial charge on any atom is -0.497 e. The molecule has 1 N–H and O–H groups in total. The summed E-state index contributed by atoms with van der Waals surface area (Å²) in [4.78, 5) is 32.6. The lowest BCUT2D eigenvalue weighted by Crippen LogP contribution is -2.38. The molecule has 0 bridgehead atoms. The molecule has 0 spiro atoms. The number of methoxy groups -OCH3 is 2. The first kappa shape index (κ1) is 24.2. The van der Waals surface area contributed by atoms with Crippen molar-refractivity contribution in [3.63, 3.8) is 0 Å².